The SMILES string of the molecule is NCC1CC(=O)N(c2ccc(CCC(=O)O)cc2)C1. The van der Waals surface area contributed by atoms with Crippen molar-refractivity contribution in [1.29, 1.82) is 0 Å². The quantitative estimate of drug-likeness (QED) is 0.829. The highest BCUT2D eigenvalue weighted by atomic mass is 16.4. The zero-order valence-corrected chi connectivity index (χ0v) is 10.7. The molecule has 1 saturated heterocycles. The highest BCUT2D eigenvalue weighted by Gasteiger charge is 2.29. The summed E-state index contributed by atoms with van der Waals surface area (Å²) < 4.78 is 0. The Morgan fingerprint density at radius 2 is 2.05 bits per heavy atom. The van der Waals surface area contributed by atoms with E-state index in [1.807, 2.05) is 24.3 Å². The zero-order chi connectivity index (χ0) is 13.8. The van der Waals surface area contributed by atoms with Gasteiger partial charge < -0.3 is 15.7 Å². The molecule has 1 amide bonds. The van der Waals surface area contributed by atoms with Gasteiger partial charge in [0.1, 0.15) is 0 Å². The number of carboxylic acids is 1. The number of benzene rings is 1. The van der Waals surface area contributed by atoms with Gasteiger partial charge in [-0.25, -0.2) is 0 Å². The van der Waals surface area contributed by atoms with Crippen LogP contribution in [0.3, 0.4) is 0 Å². The fourth-order valence-electron chi connectivity index (χ4n) is 2.28. The molecule has 0 bridgehead atoms. The number of aryl methyl sites for hydroxylation is 1. The van der Waals surface area contributed by atoms with E-state index in [1.165, 1.54) is 0 Å². The third-order valence-corrected chi connectivity index (χ3v) is 3.41. The van der Waals surface area contributed by atoms with Crippen molar-refractivity contribution in [2.24, 2.45) is 11.7 Å². The fraction of sp³-hybridized carbons (Fsp3) is 0.429. The van der Waals surface area contributed by atoms with E-state index in [0.29, 0.717) is 25.9 Å². The van der Waals surface area contributed by atoms with Crippen molar-refractivity contribution in [3.63, 3.8) is 0 Å². The number of rotatable bonds is 5. The first-order chi connectivity index (χ1) is 9.10. The Bertz CT molecular complexity index is 470. The van der Waals surface area contributed by atoms with Crippen molar-refractivity contribution >= 4 is 17.6 Å². The molecule has 1 aliphatic rings. The van der Waals surface area contributed by atoms with Gasteiger partial charge in [0.2, 0.25) is 5.91 Å². The zero-order valence-electron chi connectivity index (χ0n) is 10.7. The van der Waals surface area contributed by atoms with Gasteiger partial charge in [0.25, 0.3) is 0 Å². The van der Waals surface area contributed by atoms with E-state index in [4.69, 9.17) is 10.8 Å². The largest absolute Gasteiger partial charge is 0.481 e. The van der Waals surface area contributed by atoms with E-state index in [9.17, 15) is 9.59 Å². The summed E-state index contributed by atoms with van der Waals surface area (Å²) in [5.41, 5.74) is 7.42. The number of nitrogens with two attached hydrogens (primary N) is 1. The first kappa shape index (κ1) is 13.5. The van der Waals surface area contributed by atoms with Gasteiger partial charge in [-0.3, -0.25) is 9.59 Å². The van der Waals surface area contributed by atoms with E-state index >= 15 is 0 Å². The molecule has 1 aliphatic heterocycles. The van der Waals surface area contributed by atoms with Gasteiger partial charge >= 0.3 is 5.97 Å². The van der Waals surface area contributed by atoms with Crippen LogP contribution in [0.4, 0.5) is 5.69 Å². The molecular weight excluding hydrogens is 244 g/mol. The van der Waals surface area contributed by atoms with Crippen molar-refractivity contribution in [2.75, 3.05) is 18.0 Å². The van der Waals surface area contributed by atoms with E-state index in [0.717, 1.165) is 11.3 Å². The summed E-state index contributed by atoms with van der Waals surface area (Å²) in [7, 11) is 0. The number of carbonyl (C=O) groups excluding carboxylic acids is 1. The Hall–Kier alpha value is -1.88. The minimum atomic E-state index is -0.801. The normalized spacial score (nSPS) is 18.9. The lowest BCUT2D eigenvalue weighted by Crippen LogP contribution is -2.25. The topological polar surface area (TPSA) is 83.6 Å². The Kier molecular flexibility index (Phi) is 4.16. The van der Waals surface area contributed by atoms with Gasteiger partial charge in [-0.15, -0.1) is 0 Å². The molecule has 0 radical (unpaired) electrons. The summed E-state index contributed by atoms with van der Waals surface area (Å²) >= 11 is 0. The molecule has 19 heavy (non-hydrogen) atoms. The lowest BCUT2D eigenvalue weighted by Gasteiger charge is -2.16. The van der Waals surface area contributed by atoms with Crippen LogP contribution in [-0.4, -0.2) is 30.1 Å². The average Bonchev–Trinajstić information content (AvgIpc) is 2.78. The first-order valence-electron chi connectivity index (χ1n) is 6.41. The van der Waals surface area contributed by atoms with Crippen LogP contribution in [0.25, 0.3) is 0 Å². The van der Waals surface area contributed by atoms with E-state index in [-0.39, 0.29) is 18.2 Å². The molecule has 1 unspecified atom stereocenters. The molecule has 5 heteroatoms. The minimum Gasteiger partial charge on any atom is -0.481 e. The molecule has 0 spiro atoms. The Morgan fingerprint density at radius 1 is 1.37 bits per heavy atom. The monoisotopic (exact) mass is 262 g/mol. The van der Waals surface area contributed by atoms with Crippen molar-refractivity contribution < 1.29 is 14.7 Å². The van der Waals surface area contributed by atoms with Gasteiger partial charge in [-0.1, -0.05) is 12.1 Å². The molecule has 3 N–H and O–H groups in total. The molecular formula is C14H18N2O3. The number of anilines is 1. The number of carbonyl (C=O) groups is 2. The van der Waals surface area contributed by atoms with E-state index in [1.54, 1.807) is 4.90 Å². The van der Waals surface area contributed by atoms with Crippen LogP contribution in [0.15, 0.2) is 24.3 Å². The molecule has 2 rings (SSSR count). The molecule has 102 valence electrons. The second kappa shape index (κ2) is 5.84. The standard InChI is InChI=1S/C14H18N2O3/c15-8-11-7-13(17)16(9-11)12-4-1-10(2-5-12)3-6-14(18)19/h1-2,4-5,11H,3,6-9,15H2,(H,18,19). The number of amides is 1. The Balaban J connectivity index is 2.02. The maximum absolute atomic E-state index is 11.8. The fourth-order valence-corrected chi connectivity index (χ4v) is 2.28. The molecule has 5 nitrogen and oxygen atoms in total. The average molecular weight is 262 g/mol. The predicted molar refractivity (Wildman–Crippen MR) is 71.9 cm³/mol. The van der Waals surface area contributed by atoms with Crippen LogP contribution in [0.5, 0.6) is 0 Å². The third-order valence-electron chi connectivity index (χ3n) is 3.41. The summed E-state index contributed by atoms with van der Waals surface area (Å²) in [6.45, 7) is 1.20. The highest BCUT2D eigenvalue weighted by molar-refractivity contribution is 5.95. The first-order valence-corrected chi connectivity index (χ1v) is 6.41. The number of hydrogen-bond acceptors (Lipinski definition) is 3. The molecule has 1 fully saturated rings. The summed E-state index contributed by atoms with van der Waals surface area (Å²) in [4.78, 5) is 24.1. The molecule has 0 aromatic heterocycles. The number of aliphatic carboxylic acids is 1. The third kappa shape index (κ3) is 3.32. The second-order valence-corrected chi connectivity index (χ2v) is 4.87. The van der Waals surface area contributed by atoms with Crippen LogP contribution >= 0.6 is 0 Å². The van der Waals surface area contributed by atoms with E-state index in [2.05, 4.69) is 0 Å². The van der Waals surface area contributed by atoms with Crippen molar-refractivity contribution in [2.45, 2.75) is 19.3 Å². The second-order valence-electron chi connectivity index (χ2n) is 4.87. The van der Waals surface area contributed by atoms with Crippen LogP contribution in [-0.2, 0) is 16.0 Å². The van der Waals surface area contributed by atoms with Crippen molar-refractivity contribution in [3.05, 3.63) is 29.8 Å². The Morgan fingerprint density at radius 3 is 2.58 bits per heavy atom. The molecule has 1 atom stereocenters. The summed E-state index contributed by atoms with van der Waals surface area (Å²) in [5, 5.41) is 8.63. The van der Waals surface area contributed by atoms with Gasteiger partial charge in [0, 0.05) is 25.1 Å². The minimum absolute atomic E-state index is 0.105. The van der Waals surface area contributed by atoms with Crippen LogP contribution in [0, 0.1) is 5.92 Å². The number of carboxylic acid groups (broad SMARTS) is 1. The van der Waals surface area contributed by atoms with Crippen LogP contribution in [0.1, 0.15) is 18.4 Å². The van der Waals surface area contributed by atoms with Gasteiger partial charge in [0.05, 0.1) is 0 Å². The summed E-state index contributed by atoms with van der Waals surface area (Å²) in [6.07, 6.45) is 1.14. The maximum Gasteiger partial charge on any atom is 0.303 e. The lowest BCUT2D eigenvalue weighted by molar-refractivity contribution is -0.137. The molecule has 1 aromatic rings. The summed E-state index contributed by atoms with van der Waals surface area (Å²) in [5.74, 6) is -0.461. The van der Waals surface area contributed by atoms with Gasteiger partial charge in [0.15, 0.2) is 0 Å². The smallest absolute Gasteiger partial charge is 0.303 e. The van der Waals surface area contributed by atoms with Gasteiger partial charge in [-0.05, 0) is 36.6 Å². The van der Waals surface area contributed by atoms with Crippen LogP contribution < -0.4 is 10.6 Å². The van der Waals surface area contributed by atoms with Crippen molar-refractivity contribution in [3.8, 4) is 0 Å². The van der Waals surface area contributed by atoms with Crippen molar-refractivity contribution in [1.82, 2.24) is 0 Å². The number of hydrogen-bond donors (Lipinski definition) is 2. The predicted octanol–water partition coefficient (Wildman–Crippen LogP) is 1.02. The molecule has 1 aromatic carbocycles. The summed E-state index contributed by atoms with van der Waals surface area (Å²) in [6, 6.07) is 7.49. The maximum atomic E-state index is 11.8. The van der Waals surface area contributed by atoms with Gasteiger partial charge in [-0.2, -0.15) is 0 Å². The molecule has 0 aliphatic carbocycles. The number of nitrogens with zero attached hydrogens (tertiary/aromatic N) is 1. The highest BCUT2D eigenvalue weighted by Crippen LogP contribution is 2.24. The van der Waals surface area contributed by atoms with E-state index < -0.39 is 5.97 Å². The Labute approximate surface area is 112 Å². The van der Waals surface area contributed by atoms with Crippen LogP contribution in [0.2, 0.25) is 0 Å². The molecule has 1 heterocycles. The lowest BCUT2D eigenvalue weighted by atomic mass is 10.1. The molecule has 0 saturated carbocycles.